The second-order valence-electron chi connectivity index (χ2n) is 5.38. The monoisotopic (exact) mass is 305 g/mol. The lowest BCUT2D eigenvalue weighted by atomic mass is 9.98. The highest BCUT2D eigenvalue weighted by atomic mass is 16.6. The van der Waals surface area contributed by atoms with Crippen molar-refractivity contribution in [3.63, 3.8) is 0 Å². The number of aliphatic carboxylic acids is 1. The minimum absolute atomic E-state index is 0.0241. The second-order valence-corrected chi connectivity index (χ2v) is 5.38. The molecule has 2 saturated heterocycles. The number of likely N-dealkylation sites (tertiary alicyclic amines) is 1. The first-order valence-electron chi connectivity index (χ1n) is 7.22. The number of rotatable bonds is 3. The molecule has 0 aliphatic carbocycles. The molecule has 6 heteroatoms. The number of esters is 1. The van der Waals surface area contributed by atoms with Crippen molar-refractivity contribution in [2.24, 2.45) is 0 Å². The number of fused-ring (bicyclic) bond motifs is 2. The largest absolute Gasteiger partial charge is 0.476 e. The lowest BCUT2D eigenvalue weighted by Crippen LogP contribution is -2.43. The zero-order chi connectivity index (χ0) is 16.1. The van der Waals surface area contributed by atoms with E-state index in [1.807, 2.05) is 18.2 Å². The maximum absolute atomic E-state index is 11.7. The maximum atomic E-state index is 11.7. The van der Waals surface area contributed by atoms with Crippen LogP contribution in [0.5, 0.6) is 0 Å². The van der Waals surface area contributed by atoms with Crippen LogP contribution in [0, 0.1) is 0 Å². The molecular weight excluding hydrogens is 286 g/mol. The minimum atomic E-state index is -1.43. The topological polar surface area (TPSA) is 83.9 Å². The maximum Gasteiger partial charge on any atom is 0.368 e. The summed E-state index contributed by atoms with van der Waals surface area (Å²) in [7, 11) is 0. The number of piperidine rings is 1. The van der Waals surface area contributed by atoms with Crippen LogP contribution < -0.4 is 0 Å². The number of carbonyl (C=O) groups excluding carboxylic acids is 2. The average Bonchev–Trinajstić information content (AvgIpc) is 2.83. The van der Waals surface area contributed by atoms with E-state index in [-0.39, 0.29) is 30.4 Å². The van der Waals surface area contributed by atoms with Crippen LogP contribution in [-0.4, -0.2) is 46.9 Å². The Labute approximate surface area is 128 Å². The molecule has 2 heterocycles. The third kappa shape index (κ3) is 3.71. The van der Waals surface area contributed by atoms with Gasteiger partial charge in [-0.05, 0) is 18.9 Å². The number of carboxylic acids is 1. The van der Waals surface area contributed by atoms with Crippen molar-refractivity contribution in [3.8, 4) is 0 Å². The van der Waals surface area contributed by atoms with Crippen molar-refractivity contribution in [1.29, 1.82) is 0 Å². The van der Waals surface area contributed by atoms with Crippen LogP contribution in [0.1, 0.15) is 31.4 Å². The van der Waals surface area contributed by atoms with Crippen molar-refractivity contribution in [1.82, 2.24) is 4.90 Å². The Hall–Kier alpha value is -2.21. The fraction of sp³-hybridized carbons (Fsp3) is 0.438. The van der Waals surface area contributed by atoms with Gasteiger partial charge in [0.2, 0.25) is 6.29 Å². The normalized spacial score (nSPS) is 24.7. The van der Waals surface area contributed by atoms with Crippen LogP contribution in [0.15, 0.2) is 30.3 Å². The van der Waals surface area contributed by atoms with Gasteiger partial charge in [-0.1, -0.05) is 30.3 Å². The van der Waals surface area contributed by atoms with Crippen molar-refractivity contribution >= 4 is 18.2 Å². The number of ether oxygens (including phenoxy) is 1. The Balaban J connectivity index is 0.000000309. The first-order chi connectivity index (χ1) is 10.5. The van der Waals surface area contributed by atoms with E-state index < -0.39 is 5.97 Å². The average molecular weight is 305 g/mol. The van der Waals surface area contributed by atoms with Crippen molar-refractivity contribution in [2.75, 3.05) is 6.54 Å². The van der Waals surface area contributed by atoms with Crippen molar-refractivity contribution in [2.45, 2.75) is 38.0 Å². The van der Waals surface area contributed by atoms with E-state index in [0.717, 1.165) is 19.4 Å². The predicted molar refractivity (Wildman–Crippen MR) is 78.2 cm³/mol. The zero-order valence-electron chi connectivity index (χ0n) is 12.3. The molecular formula is C16H19NO5. The highest BCUT2D eigenvalue weighted by molar-refractivity contribution is 6.19. The van der Waals surface area contributed by atoms with Gasteiger partial charge >= 0.3 is 11.9 Å². The molecule has 118 valence electrons. The van der Waals surface area contributed by atoms with E-state index in [4.69, 9.17) is 19.4 Å². The Morgan fingerprint density at radius 2 is 2.05 bits per heavy atom. The van der Waals surface area contributed by atoms with Gasteiger partial charge < -0.3 is 9.84 Å². The van der Waals surface area contributed by atoms with Crippen LogP contribution in [-0.2, 0) is 19.1 Å². The van der Waals surface area contributed by atoms with E-state index in [1.165, 1.54) is 5.56 Å². The summed E-state index contributed by atoms with van der Waals surface area (Å²) in [6.45, 7) is 3.12. The van der Waals surface area contributed by atoms with E-state index in [0.29, 0.717) is 0 Å². The summed E-state index contributed by atoms with van der Waals surface area (Å²) < 4.78 is 5.32. The Morgan fingerprint density at radius 1 is 1.41 bits per heavy atom. The Kier molecular flexibility index (Phi) is 5.27. The lowest BCUT2D eigenvalue weighted by Gasteiger charge is -2.34. The summed E-state index contributed by atoms with van der Waals surface area (Å²) >= 11 is 0. The van der Waals surface area contributed by atoms with Gasteiger partial charge in [-0.15, -0.1) is 0 Å². The number of carboxylic acid groups (broad SMARTS) is 1. The minimum Gasteiger partial charge on any atom is -0.476 e. The third-order valence-corrected chi connectivity index (χ3v) is 4.03. The SMILES string of the molecule is C[C@H](c1ccccc1)N1CC[C@@H]2C[C@H]1C(=O)O2.O=CC(=O)O. The fourth-order valence-electron chi connectivity index (χ4n) is 2.92. The molecule has 22 heavy (non-hydrogen) atoms. The van der Waals surface area contributed by atoms with E-state index >= 15 is 0 Å². The standard InChI is InChI=1S/C14H17NO2.C2H2O3/c1-10(11-5-3-2-4-6-11)15-8-7-12-9-13(15)14(16)17-12;3-1-2(4)5/h2-6,10,12-13H,7-9H2,1H3;1H,(H,4,5)/t10-,12-,13+;/m1./s1. The zero-order valence-corrected chi connectivity index (χ0v) is 12.3. The molecule has 0 radical (unpaired) electrons. The first kappa shape index (κ1) is 16.2. The van der Waals surface area contributed by atoms with E-state index in [1.54, 1.807) is 0 Å². The number of aldehydes is 1. The molecule has 0 amide bonds. The van der Waals surface area contributed by atoms with Crippen molar-refractivity contribution in [3.05, 3.63) is 35.9 Å². The predicted octanol–water partition coefficient (Wildman–Crippen LogP) is 1.41. The number of benzene rings is 1. The number of hydrogen-bond donors (Lipinski definition) is 1. The highest BCUT2D eigenvalue weighted by Crippen LogP contribution is 2.34. The summed E-state index contributed by atoms with van der Waals surface area (Å²) in [5, 5.41) is 7.35. The van der Waals surface area contributed by atoms with Crippen LogP contribution in [0.4, 0.5) is 0 Å². The first-order valence-corrected chi connectivity index (χ1v) is 7.22. The van der Waals surface area contributed by atoms with Crippen LogP contribution in [0.25, 0.3) is 0 Å². The number of nitrogens with zero attached hydrogens (tertiary/aromatic N) is 1. The quantitative estimate of drug-likeness (QED) is 0.516. The fourth-order valence-corrected chi connectivity index (χ4v) is 2.92. The summed E-state index contributed by atoms with van der Waals surface area (Å²) in [5.74, 6) is -1.46. The van der Waals surface area contributed by atoms with Crippen molar-refractivity contribution < 1.29 is 24.2 Å². The van der Waals surface area contributed by atoms with Gasteiger partial charge in [0.15, 0.2) is 0 Å². The molecule has 6 nitrogen and oxygen atoms in total. The van der Waals surface area contributed by atoms with Gasteiger partial charge in [-0.25, -0.2) is 4.79 Å². The molecule has 0 aromatic heterocycles. The molecule has 2 aliphatic rings. The molecule has 2 bridgehead atoms. The van der Waals surface area contributed by atoms with Crippen LogP contribution in [0.3, 0.4) is 0 Å². The lowest BCUT2D eigenvalue weighted by molar-refractivity contribution is -0.144. The summed E-state index contributed by atoms with van der Waals surface area (Å²) in [5.41, 5.74) is 1.27. The molecule has 1 N–H and O–H groups in total. The number of hydrogen-bond acceptors (Lipinski definition) is 5. The second kappa shape index (κ2) is 7.17. The summed E-state index contributed by atoms with van der Waals surface area (Å²) in [4.78, 5) is 31.9. The van der Waals surface area contributed by atoms with E-state index in [9.17, 15) is 4.79 Å². The molecule has 0 spiro atoms. The molecule has 2 aliphatic heterocycles. The molecule has 1 aromatic rings. The van der Waals surface area contributed by atoms with Gasteiger partial charge in [0.25, 0.3) is 0 Å². The van der Waals surface area contributed by atoms with Crippen LogP contribution in [0.2, 0.25) is 0 Å². The van der Waals surface area contributed by atoms with Gasteiger partial charge in [0, 0.05) is 19.0 Å². The molecule has 1 aromatic carbocycles. The molecule has 2 fully saturated rings. The molecule has 3 atom stereocenters. The van der Waals surface area contributed by atoms with E-state index in [2.05, 4.69) is 24.0 Å². The smallest absolute Gasteiger partial charge is 0.368 e. The van der Waals surface area contributed by atoms with Crippen LogP contribution >= 0.6 is 0 Å². The third-order valence-electron chi connectivity index (χ3n) is 4.03. The summed E-state index contributed by atoms with van der Waals surface area (Å²) in [6, 6.07) is 10.6. The highest BCUT2D eigenvalue weighted by Gasteiger charge is 2.44. The van der Waals surface area contributed by atoms with Gasteiger partial charge in [0.05, 0.1) is 0 Å². The Bertz CT molecular complexity index is 545. The molecule has 0 saturated carbocycles. The van der Waals surface area contributed by atoms with Gasteiger partial charge in [-0.2, -0.15) is 0 Å². The molecule has 0 unspecified atom stereocenters. The number of carbonyl (C=O) groups is 3. The summed E-state index contributed by atoms with van der Waals surface area (Å²) in [6.07, 6.45) is 1.85. The Morgan fingerprint density at radius 3 is 2.64 bits per heavy atom. The molecule has 3 rings (SSSR count). The van der Waals surface area contributed by atoms with Gasteiger partial charge in [-0.3, -0.25) is 14.5 Å². The van der Waals surface area contributed by atoms with Gasteiger partial charge in [0.1, 0.15) is 12.1 Å².